The van der Waals surface area contributed by atoms with E-state index in [4.69, 9.17) is 9.47 Å². The molecule has 0 aromatic heterocycles. The average molecular weight is 236 g/mol. The summed E-state index contributed by atoms with van der Waals surface area (Å²) in [5.41, 5.74) is 1.11. The molecule has 4 heteroatoms. The first-order valence-electron chi connectivity index (χ1n) is 5.62. The van der Waals surface area contributed by atoms with E-state index >= 15 is 0 Å². The molecule has 0 unspecified atom stereocenters. The number of hydrogen-bond acceptors (Lipinski definition) is 4. The van der Waals surface area contributed by atoms with Crippen molar-refractivity contribution in [2.45, 2.75) is 19.8 Å². The average Bonchev–Trinajstić information content (AvgIpc) is 3.00. The molecular weight excluding hydrogens is 220 g/mol. The summed E-state index contributed by atoms with van der Waals surface area (Å²) in [4.78, 5) is 23.3. The van der Waals surface area contributed by atoms with E-state index in [2.05, 4.69) is 0 Å². The van der Waals surface area contributed by atoms with Gasteiger partial charge in [0, 0.05) is 22.5 Å². The summed E-state index contributed by atoms with van der Waals surface area (Å²) in [7, 11) is 2.76. The zero-order valence-corrected chi connectivity index (χ0v) is 10.3. The topological polar surface area (TPSA) is 52.6 Å². The maximum Gasteiger partial charge on any atom is 0.333 e. The van der Waals surface area contributed by atoms with Crippen LogP contribution >= 0.6 is 0 Å². The van der Waals surface area contributed by atoms with Crippen molar-refractivity contribution in [3.05, 3.63) is 23.3 Å². The molecule has 0 aromatic carbocycles. The first kappa shape index (κ1) is 11.9. The van der Waals surface area contributed by atoms with E-state index in [1.54, 1.807) is 0 Å². The third-order valence-corrected chi connectivity index (χ3v) is 3.71. The lowest BCUT2D eigenvalue weighted by Gasteiger charge is -2.13. The third-order valence-electron chi connectivity index (χ3n) is 3.71. The van der Waals surface area contributed by atoms with E-state index in [0.29, 0.717) is 17.6 Å². The Kier molecular flexibility index (Phi) is 2.81. The monoisotopic (exact) mass is 236 g/mol. The van der Waals surface area contributed by atoms with Gasteiger partial charge in [-0.15, -0.1) is 0 Å². The van der Waals surface area contributed by atoms with Gasteiger partial charge in [0.1, 0.15) is 0 Å². The van der Waals surface area contributed by atoms with Gasteiger partial charge in [-0.2, -0.15) is 0 Å². The molecule has 0 bridgehead atoms. The van der Waals surface area contributed by atoms with Crippen LogP contribution in [0.3, 0.4) is 0 Å². The quantitative estimate of drug-likeness (QED) is 0.683. The Labute approximate surface area is 100 Å². The van der Waals surface area contributed by atoms with Gasteiger partial charge < -0.3 is 9.47 Å². The van der Waals surface area contributed by atoms with Crippen molar-refractivity contribution < 1.29 is 19.1 Å². The zero-order chi connectivity index (χ0) is 12.6. The SMILES string of the molecule is COC(=O)C1=CCC=C(C(=O)OC)[C@@]2(C)C[C@@H]12. The van der Waals surface area contributed by atoms with Crippen molar-refractivity contribution in [3.63, 3.8) is 0 Å². The minimum atomic E-state index is -0.297. The van der Waals surface area contributed by atoms with Crippen LogP contribution in [0.2, 0.25) is 0 Å². The van der Waals surface area contributed by atoms with E-state index in [1.165, 1.54) is 14.2 Å². The van der Waals surface area contributed by atoms with Crippen molar-refractivity contribution in [2.24, 2.45) is 11.3 Å². The number of carbonyl (C=O) groups is 2. The molecule has 4 nitrogen and oxygen atoms in total. The first-order chi connectivity index (χ1) is 8.04. The number of hydrogen-bond donors (Lipinski definition) is 0. The molecule has 0 saturated heterocycles. The van der Waals surface area contributed by atoms with Gasteiger partial charge in [0.05, 0.1) is 14.2 Å². The molecule has 2 aliphatic carbocycles. The standard InChI is InChI=1S/C13H16O4/c1-13-7-10(13)8(11(14)16-2)5-4-6-9(13)12(15)17-3/h5-6,10H,4,7H2,1-3H3/t10-,13+/m0/s1. The maximum absolute atomic E-state index is 11.7. The minimum Gasteiger partial charge on any atom is -0.466 e. The fraction of sp³-hybridized carbons (Fsp3) is 0.538. The van der Waals surface area contributed by atoms with Crippen molar-refractivity contribution >= 4 is 11.9 Å². The lowest BCUT2D eigenvalue weighted by atomic mass is 9.93. The molecule has 2 rings (SSSR count). The molecule has 0 aromatic rings. The van der Waals surface area contributed by atoms with E-state index in [9.17, 15) is 9.59 Å². The second-order valence-corrected chi connectivity index (χ2v) is 4.67. The van der Waals surface area contributed by atoms with Crippen LogP contribution in [0.5, 0.6) is 0 Å². The Bertz CT molecular complexity index is 433. The molecule has 1 saturated carbocycles. The summed E-state index contributed by atoms with van der Waals surface area (Å²) in [6.07, 6.45) is 5.06. The van der Waals surface area contributed by atoms with Crippen LogP contribution in [0.15, 0.2) is 23.3 Å². The molecule has 92 valence electrons. The molecule has 17 heavy (non-hydrogen) atoms. The third kappa shape index (κ3) is 1.77. The highest BCUT2D eigenvalue weighted by molar-refractivity contribution is 5.95. The summed E-state index contributed by atoms with van der Waals surface area (Å²) in [6, 6.07) is 0. The van der Waals surface area contributed by atoms with Crippen molar-refractivity contribution in [2.75, 3.05) is 14.2 Å². The smallest absolute Gasteiger partial charge is 0.333 e. The molecule has 1 fully saturated rings. The predicted molar refractivity (Wildman–Crippen MR) is 61.0 cm³/mol. The van der Waals surface area contributed by atoms with Crippen molar-refractivity contribution in [1.29, 1.82) is 0 Å². The largest absolute Gasteiger partial charge is 0.466 e. The number of methoxy groups -OCH3 is 2. The molecule has 0 aliphatic heterocycles. The second kappa shape index (κ2) is 4.02. The molecule has 2 aliphatic rings. The summed E-state index contributed by atoms with van der Waals surface area (Å²) < 4.78 is 9.55. The number of allylic oxidation sites excluding steroid dienone is 2. The highest BCUT2D eigenvalue weighted by Gasteiger charge is 2.58. The molecule has 0 spiro atoms. The maximum atomic E-state index is 11.7. The molecule has 2 atom stereocenters. The lowest BCUT2D eigenvalue weighted by Crippen LogP contribution is -2.16. The zero-order valence-electron chi connectivity index (χ0n) is 10.3. The number of carbonyl (C=O) groups excluding carboxylic acids is 2. The first-order valence-corrected chi connectivity index (χ1v) is 5.62. The Morgan fingerprint density at radius 3 is 2.47 bits per heavy atom. The van der Waals surface area contributed by atoms with Crippen LogP contribution < -0.4 is 0 Å². The van der Waals surface area contributed by atoms with Crippen molar-refractivity contribution in [3.8, 4) is 0 Å². The molecule has 0 heterocycles. The van der Waals surface area contributed by atoms with Crippen LogP contribution in [0, 0.1) is 11.3 Å². The van der Waals surface area contributed by atoms with Crippen LogP contribution in [0.25, 0.3) is 0 Å². The number of fused-ring (bicyclic) bond motifs is 1. The van der Waals surface area contributed by atoms with Gasteiger partial charge in [0.2, 0.25) is 0 Å². The molecule has 0 amide bonds. The fourth-order valence-electron chi connectivity index (χ4n) is 2.56. The van der Waals surface area contributed by atoms with Gasteiger partial charge >= 0.3 is 11.9 Å². The summed E-state index contributed by atoms with van der Waals surface area (Å²) in [5, 5.41) is 0. The van der Waals surface area contributed by atoms with E-state index in [0.717, 1.165) is 6.42 Å². The van der Waals surface area contributed by atoms with Gasteiger partial charge in [-0.1, -0.05) is 19.1 Å². The highest BCUT2D eigenvalue weighted by Crippen LogP contribution is 2.62. The Hall–Kier alpha value is -1.58. The van der Waals surface area contributed by atoms with Gasteiger partial charge in [0.15, 0.2) is 0 Å². The van der Waals surface area contributed by atoms with Crippen LogP contribution in [0.4, 0.5) is 0 Å². The van der Waals surface area contributed by atoms with E-state index in [-0.39, 0.29) is 23.3 Å². The van der Waals surface area contributed by atoms with Crippen LogP contribution in [0.1, 0.15) is 19.8 Å². The second-order valence-electron chi connectivity index (χ2n) is 4.67. The molecule has 0 N–H and O–H groups in total. The molecular formula is C13H16O4. The van der Waals surface area contributed by atoms with Crippen LogP contribution in [-0.2, 0) is 19.1 Å². The van der Waals surface area contributed by atoms with Gasteiger partial charge in [-0.3, -0.25) is 0 Å². The molecule has 0 radical (unpaired) electrons. The van der Waals surface area contributed by atoms with Crippen molar-refractivity contribution in [1.82, 2.24) is 0 Å². The number of rotatable bonds is 2. The van der Waals surface area contributed by atoms with Gasteiger partial charge in [-0.05, 0) is 12.8 Å². The Balaban J connectivity index is 2.27. The number of ether oxygens (including phenoxy) is 2. The minimum absolute atomic E-state index is 0.0859. The van der Waals surface area contributed by atoms with Gasteiger partial charge in [-0.25, -0.2) is 9.59 Å². The Morgan fingerprint density at radius 2 is 1.88 bits per heavy atom. The predicted octanol–water partition coefficient (Wildman–Crippen LogP) is 1.62. The Morgan fingerprint density at radius 1 is 1.24 bits per heavy atom. The lowest BCUT2D eigenvalue weighted by molar-refractivity contribution is -0.138. The van der Waals surface area contributed by atoms with E-state index in [1.807, 2.05) is 19.1 Å². The van der Waals surface area contributed by atoms with Gasteiger partial charge in [0.25, 0.3) is 0 Å². The fourth-order valence-corrected chi connectivity index (χ4v) is 2.56. The summed E-state index contributed by atoms with van der Waals surface area (Å²) in [5.74, 6) is -0.504. The van der Waals surface area contributed by atoms with Crippen LogP contribution in [-0.4, -0.2) is 26.2 Å². The normalized spacial score (nSPS) is 30.4. The number of esters is 2. The summed E-state index contributed by atoms with van der Waals surface area (Å²) in [6.45, 7) is 1.99. The summed E-state index contributed by atoms with van der Waals surface area (Å²) >= 11 is 0. The van der Waals surface area contributed by atoms with E-state index < -0.39 is 0 Å². The highest BCUT2D eigenvalue weighted by atomic mass is 16.5.